The molecule has 2 nitrogen and oxygen atoms in total. The first-order valence-corrected chi connectivity index (χ1v) is 8.12. The van der Waals surface area contributed by atoms with E-state index in [1.807, 2.05) is 35.0 Å². The Bertz CT molecular complexity index is 594. The van der Waals surface area contributed by atoms with Gasteiger partial charge in [-0.25, -0.2) is 0 Å². The number of Topliss-reactive ketones (excluding diaryl/α,β-unsaturated/α-hetero) is 1. The molecule has 1 aliphatic heterocycles. The van der Waals surface area contributed by atoms with Crippen LogP contribution in [0.5, 0.6) is 5.75 Å². The molecular formula is C13H9BrO2S2. The highest BCUT2D eigenvalue weighted by atomic mass is 79.9. The molecule has 0 radical (unpaired) electrons. The Morgan fingerprint density at radius 3 is 2.94 bits per heavy atom. The monoisotopic (exact) mass is 340 g/mol. The predicted octanol–water partition coefficient (Wildman–Crippen LogP) is 4.25. The molecule has 1 aromatic carbocycles. The Morgan fingerprint density at radius 2 is 2.17 bits per heavy atom. The molecule has 0 saturated carbocycles. The number of carbonyl (C=O) groups is 1. The number of hydrogen-bond donors (Lipinski definition) is 0. The van der Waals surface area contributed by atoms with E-state index in [4.69, 9.17) is 4.74 Å². The summed E-state index contributed by atoms with van der Waals surface area (Å²) in [6, 6.07) is 7.82. The third kappa shape index (κ3) is 2.22. The van der Waals surface area contributed by atoms with Crippen molar-refractivity contribution in [2.45, 2.75) is 11.0 Å². The van der Waals surface area contributed by atoms with Crippen LogP contribution in [-0.2, 0) is 0 Å². The zero-order valence-corrected chi connectivity index (χ0v) is 12.5. The van der Waals surface area contributed by atoms with E-state index < -0.39 is 6.10 Å². The van der Waals surface area contributed by atoms with E-state index in [2.05, 4.69) is 15.9 Å². The van der Waals surface area contributed by atoms with Crippen LogP contribution in [0.1, 0.15) is 10.4 Å². The second-order valence-electron chi connectivity index (χ2n) is 3.86. The van der Waals surface area contributed by atoms with Crippen LogP contribution in [-0.4, -0.2) is 17.6 Å². The van der Waals surface area contributed by atoms with E-state index in [9.17, 15) is 4.79 Å². The lowest BCUT2D eigenvalue weighted by Gasteiger charge is -2.24. The van der Waals surface area contributed by atoms with Crippen LogP contribution >= 0.6 is 39.0 Å². The van der Waals surface area contributed by atoms with Gasteiger partial charge in [0.25, 0.3) is 0 Å². The van der Waals surface area contributed by atoms with Gasteiger partial charge in [-0.05, 0) is 28.1 Å². The van der Waals surface area contributed by atoms with E-state index in [1.54, 1.807) is 11.8 Å². The van der Waals surface area contributed by atoms with Crippen molar-refractivity contribution in [1.29, 1.82) is 0 Å². The van der Waals surface area contributed by atoms with Crippen molar-refractivity contribution >= 4 is 44.8 Å². The first kappa shape index (κ1) is 12.3. The van der Waals surface area contributed by atoms with Crippen molar-refractivity contribution in [2.24, 2.45) is 0 Å². The molecule has 0 N–H and O–H groups in total. The van der Waals surface area contributed by atoms with Crippen LogP contribution in [0.15, 0.2) is 44.4 Å². The molecule has 5 heteroatoms. The smallest absolute Gasteiger partial charge is 0.206 e. The van der Waals surface area contributed by atoms with Crippen LogP contribution in [0.3, 0.4) is 0 Å². The molecule has 1 aliphatic rings. The second kappa shape index (κ2) is 5.07. The number of ether oxygens (including phenoxy) is 1. The predicted molar refractivity (Wildman–Crippen MR) is 77.9 cm³/mol. The maximum absolute atomic E-state index is 12.3. The van der Waals surface area contributed by atoms with Crippen LogP contribution in [0.25, 0.3) is 0 Å². The van der Waals surface area contributed by atoms with Crippen molar-refractivity contribution in [3.8, 4) is 5.75 Å². The maximum atomic E-state index is 12.3. The van der Waals surface area contributed by atoms with Crippen molar-refractivity contribution in [1.82, 2.24) is 0 Å². The Labute approximate surface area is 121 Å². The van der Waals surface area contributed by atoms with Crippen LogP contribution < -0.4 is 4.74 Å². The van der Waals surface area contributed by atoms with Gasteiger partial charge in [0.15, 0.2) is 6.10 Å². The summed E-state index contributed by atoms with van der Waals surface area (Å²) in [5.74, 6) is 1.52. The lowest BCUT2D eigenvalue weighted by atomic mass is 10.1. The van der Waals surface area contributed by atoms with E-state index in [-0.39, 0.29) is 5.78 Å². The summed E-state index contributed by atoms with van der Waals surface area (Å²) in [6.07, 6.45) is -0.393. The molecule has 0 amide bonds. The summed E-state index contributed by atoms with van der Waals surface area (Å²) in [7, 11) is 0. The largest absolute Gasteiger partial charge is 0.480 e. The Morgan fingerprint density at radius 1 is 1.33 bits per heavy atom. The number of halogens is 1. The van der Waals surface area contributed by atoms with Crippen molar-refractivity contribution < 1.29 is 9.53 Å². The third-order valence-corrected chi connectivity index (χ3v) is 5.50. The molecule has 1 atom stereocenters. The maximum Gasteiger partial charge on any atom is 0.206 e. The highest BCUT2D eigenvalue weighted by molar-refractivity contribution is 9.10. The fourth-order valence-electron chi connectivity index (χ4n) is 1.78. The average molecular weight is 341 g/mol. The quantitative estimate of drug-likeness (QED) is 0.764. The van der Waals surface area contributed by atoms with Gasteiger partial charge >= 0.3 is 0 Å². The minimum Gasteiger partial charge on any atom is -0.480 e. The van der Waals surface area contributed by atoms with E-state index in [0.717, 1.165) is 15.1 Å². The van der Waals surface area contributed by atoms with E-state index in [0.29, 0.717) is 11.3 Å². The molecular weight excluding hydrogens is 332 g/mol. The van der Waals surface area contributed by atoms with E-state index >= 15 is 0 Å². The number of ketones is 1. The van der Waals surface area contributed by atoms with Gasteiger partial charge in [0.1, 0.15) is 5.75 Å². The number of thiophene rings is 1. The summed E-state index contributed by atoms with van der Waals surface area (Å²) in [4.78, 5) is 13.4. The molecule has 2 aromatic rings. The molecule has 92 valence electrons. The highest BCUT2D eigenvalue weighted by Crippen LogP contribution is 2.36. The number of benzene rings is 1. The molecule has 2 heterocycles. The fourth-order valence-corrected chi connectivity index (χ4v) is 4.24. The van der Waals surface area contributed by atoms with Gasteiger partial charge in [0, 0.05) is 31.4 Å². The molecule has 0 bridgehead atoms. The SMILES string of the molecule is O=C(c1cscc1Br)C1CSc2ccccc2O1. The molecule has 18 heavy (non-hydrogen) atoms. The van der Waals surface area contributed by atoms with Gasteiger partial charge in [-0.15, -0.1) is 11.8 Å². The number of rotatable bonds is 2. The minimum atomic E-state index is -0.393. The number of fused-ring (bicyclic) bond motifs is 1. The Hall–Kier alpha value is -0.780. The molecule has 1 unspecified atom stereocenters. The zero-order valence-electron chi connectivity index (χ0n) is 9.26. The normalized spacial score (nSPS) is 17.9. The molecule has 0 fully saturated rings. The van der Waals surface area contributed by atoms with Gasteiger partial charge in [-0.3, -0.25) is 4.79 Å². The number of thioether (sulfide) groups is 1. The molecule has 0 aliphatic carbocycles. The third-order valence-electron chi connectivity index (χ3n) is 2.68. The van der Waals surface area contributed by atoms with Crippen LogP contribution in [0.2, 0.25) is 0 Å². The van der Waals surface area contributed by atoms with Gasteiger partial charge in [-0.1, -0.05) is 12.1 Å². The lowest BCUT2D eigenvalue weighted by molar-refractivity contribution is 0.0815. The van der Waals surface area contributed by atoms with Crippen LogP contribution in [0, 0.1) is 0 Å². The summed E-state index contributed by atoms with van der Waals surface area (Å²) in [5.41, 5.74) is 0.713. The highest BCUT2D eigenvalue weighted by Gasteiger charge is 2.28. The van der Waals surface area contributed by atoms with Gasteiger partial charge < -0.3 is 4.74 Å². The fraction of sp³-hybridized carbons (Fsp3) is 0.154. The summed E-state index contributed by atoms with van der Waals surface area (Å²) in [5, 5.41) is 3.78. The number of hydrogen-bond acceptors (Lipinski definition) is 4. The molecule has 1 aromatic heterocycles. The Kier molecular flexibility index (Phi) is 3.46. The van der Waals surface area contributed by atoms with Crippen molar-refractivity contribution in [3.05, 3.63) is 45.1 Å². The first-order chi connectivity index (χ1) is 8.75. The summed E-state index contributed by atoms with van der Waals surface area (Å²) < 4.78 is 6.64. The zero-order chi connectivity index (χ0) is 12.5. The second-order valence-corrected chi connectivity index (χ2v) is 6.52. The van der Waals surface area contributed by atoms with Crippen molar-refractivity contribution in [3.63, 3.8) is 0 Å². The standard InChI is InChI=1S/C13H9BrO2S2/c14-9-6-17-5-8(9)13(15)11-7-18-12-4-2-1-3-10(12)16-11/h1-6,11H,7H2. The lowest BCUT2D eigenvalue weighted by Crippen LogP contribution is -2.32. The molecule has 0 saturated heterocycles. The first-order valence-electron chi connectivity index (χ1n) is 5.40. The van der Waals surface area contributed by atoms with Gasteiger partial charge in [0.2, 0.25) is 5.78 Å². The average Bonchev–Trinajstić information content (AvgIpc) is 2.83. The molecule has 0 spiro atoms. The summed E-state index contributed by atoms with van der Waals surface area (Å²) in [6.45, 7) is 0. The van der Waals surface area contributed by atoms with Crippen LogP contribution in [0.4, 0.5) is 0 Å². The topological polar surface area (TPSA) is 26.3 Å². The van der Waals surface area contributed by atoms with Gasteiger partial charge in [-0.2, -0.15) is 11.3 Å². The number of carbonyl (C=O) groups excluding carboxylic acids is 1. The summed E-state index contributed by atoms with van der Waals surface area (Å²) >= 11 is 6.58. The van der Waals surface area contributed by atoms with E-state index in [1.165, 1.54) is 11.3 Å². The Balaban J connectivity index is 1.84. The van der Waals surface area contributed by atoms with Gasteiger partial charge in [0.05, 0.1) is 0 Å². The number of para-hydroxylation sites is 1. The van der Waals surface area contributed by atoms with Crippen molar-refractivity contribution in [2.75, 3.05) is 5.75 Å². The minimum absolute atomic E-state index is 0.0464. The molecule has 3 rings (SSSR count).